The third-order valence-electron chi connectivity index (χ3n) is 2.52. The number of halogens is 1. The third kappa shape index (κ3) is 0.967. The van der Waals surface area contributed by atoms with Crippen molar-refractivity contribution in [2.24, 2.45) is 7.05 Å². The molecule has 1 aromatic heterocycles. The van der Waals surface area contributed by atoms with Gasteiger partial charge in [-0.15, -0.1) is 0 Å². The average Bonchev–Trinajstić information content (AvgIpc) is 2.27. The van der Waals surface area contributed by atoms with Gasteiger partial charge in [-0.3, -0.25) is 4.68 Å². The van der Waals surface area contributed by atoms with Crippen LogP contribution < -0.4 is 0 Å². The van der Waals surface area contributed by atoms with Crippen LogP contribution in [0.3, 0.4) is 0 Å². The molecule has 4 heteroatoms. The highest BCUT2D eigenvalue weighted by molar-refractivity contribution is 6.31. The molecule has 0 saturated heterocycles. The van der Waals surface area contributed by atoms with Gasteiger partial charge in [-0.05, 0) is 19.3 Å². The second-order valence-electron chi connectivity index (χ2n) is 3.35. The van der Waals surface area contributed by atoms with Crippen LogP contribution in [0, 0.1) is 0 Å². The highest BCUT2D eigenvalue weighted by Gasteiger charge is 2.40. The molecule has 0 amide bonds. The Labute approximate surface area is 76.0 Å². The lowest BCUT2D eigenvalue weighted by Gasteiger charge is -2.36. The van der Waals surface area contributed by atoms with Crippen LogP contribution in [0.15, 0.2) is 6.20 Å². The Morgan fingerprint density at radius 1 is 1.67 bits per heavy atom. The van der Waals surface area contributed by atoms with Crippen LogP contribution in [0.1, 0.15) is 25.0 Å². The molecule has 1 aliphatic carbocycles. The van der Waals surface area contributed by atoms with Crippen LogP contribution >= 0.6 is 11.6 Å². The van der Waals surface area contributed by atoms with Crippen molar-refractivity contribution in [1.29, 1.82) is 0 Å². The van der Waals surface area contributed by atoms with Gasteiger partial charge < -0.3 is 5.11 Å². The summed E-state index contributed by atoms with van der Waals surface area (Å²) in [5.41, 5.74) is 0.0536. The minimum absolute atomic E-state index is 0.569. The van der Waals surface area contributed by atoms with Crippen molar-refractivity contribution in [2.75, 3.05) is 0 Å². The molecule has 66 valence electrons. The molecular weight excluding hydrogens is 176 g/mol. The van der Waals surface area contributed by atoms with Crippen LogP contribution in [0.25, 0.3) is 0 Å². The van der Waals surface area contributed by atoms with Gasteiger partial charge in [-0.25, -0.2) is 0 Å². The van der Waals surface area contributed by atoms with E-state index in [2.05, 4.69) is 5.10 Å². The molecule has 1 N–H and O–H groups in total. The fourth-order valence-corrected chi connectivity index (χ4v) is 2.02. The summed E-state index contributed by atoms with van der Waals surface area (Å²) in [5, 5.41) is 14.5. The summed E-state index contributed by atoms with van der Waals surface area (Å²) in [6.07, 6.45) is 4.24. The van der Waals surface area contributed by atoms with E-state index in [4.69, 9.17) is 11.6 Å². The fraction of sp³-hybridized carbons (Fsp3) is 0.625. The Balaban J connectivity index is 2.44. The maximum atomic E-state index is 9.99. The van der Waals surface area contributed by atoms with Gasteiger partial charge in [-0.1, -0.05) is 11.6 Å². The first-order valence-corrected chi connectivity index (χ1v) is 4.42. The van der Waals surface area contributed by atoms with Gasteiger partial charge in [-0.2, -0.15) is 5.10 Å². The summed E-state index contributed by atoms with van der Waals surface area (Å²) in [6, 6.07) is 0. The quantitative estimate of drug-likeness (QED) is 0.721. The highest BCUT2D eigenvalue weighted by Crippen LogP contribution is 2.43. The van der Waals surface area contributed by atoms with Crippen molar-refractivity contribution in [3.8, 4) is 0 Å². The normalized spacial score (nSPS) is 20.6. The van der Waals surface area contributed by atoms with E-state index >= 15 is 0 Å². The predicted molar refractivity (Wildman–Crippen MR) is 46.0 cm³/mol. The molecule has 2 rings (SSSR count). The van der Waals surface area contributed by atoms with Gasteiger partial charge in [0.25, 0.3) is 0 Å². The largest absolute Gasteiger partial charge is 0.384 e. The van der Waals surface area contributed by atoms with Crippen LogP contribution in [-0.4, -0.2) is 14.9 Å². The summed E-state index contributed by atoms with van der Waals surface area (Å²) in [6.45, 7) is 0. The molecule has 1 saturated carbocycles. The van der Waals surface area contributed by atoms with E-state index in [1.165, 1.54) is 0 Å². The van der Waals surface area contributed by atoms with E-state index in [1.807, 2.05) is 0 Å². The standard InChI is InChI=1S/C8H11ClN2O/c1-11-7(6(9)5-10-11)8(12)3-2-4-8/h5,12H,2-4H2,1H3. The summed E-state index contributed by atoms with van der Waals surface area (Å²) in [7, 11) is 1.80. The molecule has 1 heterocycles. The minimum Gasteiger partial charge on any atom is -0.384 e. The van der Waals surface area contributed by atoms with Gasteiger partial charge in [0, 0.05) is 7.05 Å². The Morgan fingerprint density at radius 2 is 2.33 bits per heavy atom. The van der Waals surface area contributed by atoms with Gasteiger partial charge in [0.1, 0.15) is 5.60 Å². The van der Waals surface area contributed by atoms with E-state index in [-0.39, 0.29) is 0 Å². The van der Waals surface area contributed by atoms with Gasteiger partial charge >= 0.3 is 0 Å². The predicted octanol–water partition coefficient (Wildman–Crippen LogP) is 1.45. The maximum Gasteiger partial charge on any atom is 0.108 e. The SMILES string of the molecule is Cn1ncc(Cl)c1C1(O)CCC1. The first-order chi connectivity index (χ1) is 5.63. The Bertz CT molecular complexity index is 285. The molecular formula is C8H11ClN2O. The lowest BCUT2D eigenvalue weighted by atomic mass is 9.78. The number of hydrogen-bond donors (Lipinski definition) is 1. The molecule has 1 aliphatic rings. The van der Waals surface area contributed by atoms with Gasteiger partial charge in [0.05, 0.1) is 16.9 Å². The topological polar surface area (TPSA) is 38.0 Å². The Kier molecular flexibility index (Phi) is 1.66. The highest BCUT2D eigenvalue weighted by atomic mass is 35.5. The maximum absolute atomic E-state index is 9.99. The van der Waals surface area contributed by atoms with Gasteiger partial charge in [0.2, 0.25) is 0 Å². The van der Waals surface area contributed by atoms with Crippen molar-refractivity contribution in [3.05, 3.63) is 16.9 Å². The van der Waals surface area contributed by atoms with Crippen molar-refractivity contribution >= 4 is 11.6 Å². The number of aliphatic hydroxyl groups is 1. The van der Waals surface area contributed by atoms with Crippen LogP contribution in [0.4, 0.5) is 0 Å². The molecule has 0 unspecified atom stereocenters. The van der Waals surface area contributed by atoms with Crippen molar-refractivity contribution in [2.45, 2.75) is 24.9 Å². The van der Waals surface area contributed by atoms with E-state index in [0.29, 0.717) is 5.02 Å². The molecule has 0 aromatic carbocycles. The summed E-state index contributed by atoms with van der Waals surface area (Å²) in [4.78, 5) is 0. The average molecular weight is 187 g/mol. The van der Waals surface area contributed by atoms with E-state index < -0.39 is 5.60 Å². The zero-order valence-corrected chi connectivity index (χ0v) is 7.67. The molecule has 0 spiro atoms. The second-order valence-corrected chi connectivity index (χ2v) is 3.76. The Hall–Kier alpha value is -0.540. The zero-order chi connectivity index (χ0) is 8.77. The van der Waals surface area contributed by atoms with E-state index in [9.17, 15) is 5.11 Å². The summed E-state index contributed by atoms with van der Waals surface area (Å²) < 4.78 is 1.65. The van der Waals surface area contributed by atoms with E-state index in [0.717, 1.165) is 25.0 Å². The second kappa shape index (κ2) is 2.47. The minimum atomic E-state index is -0.706. The number of hydrogen-bond acceptors (Lipinski definition) is 2. The number of aryl methyl sites for hydroxylation is 1. The molecule has 1 aromatic rings. The van der Waals surface area contributed by atoms with Crippen molar-refractivity contribution in [1.82, 2.24) is 9.78 Å². The molecule has 12 heavy (non-hydrogen) atoms. The number of rotatable bonds is 1. The lowest BCUT2D eigenvalue weighted by Crippen LogP contribution is -2.36. The first-order valence-electron chi connectivity index (χ1n) is 4.04. The van der Waals surface area contributed by atoms with Crippen molar-refractivity contribution < 1.29 is 5.11 Å². The molecule has 3 nitrogen and oxygen atoms in total. The Morgan fingerprint density at radius 3 is 2.67 bits per heavy atom. The molecule has 0 bridgehead atoms. The molecule has 0 aliphatic heterocycles. The third-order valence-corrected chi connectivity index (χ3v) is 2.79. The summed E-state index contributed by atoms with van der Waals surface area (Å²) >= 11 is 5.90. The smallest absolute Gasteiger partial charge is 0.108 e. The van der Waals surface area contributed by atoms with Crippen LogP contribution in [0.5, 0.6) is 0 Å². The summed E-state index contributed by atoms with van der Waals surface area (Å²) in [5.74, 6) is 0. The monoisotopic (exact) mass is 186 g/mol. The fourth-order valence-electron chi connectivity index (χ4n) is 1.68. The van der Waals surface area contributed by atoms with Gasteiger partial charge in [0.15, 0.2) is 0 Å². The van der Waals surface area contributed by atoms with E-state index in [1.54, 1.807) is 17.9 Å². The zero-order valence-electron chi connectivity index (χ0n) is 6.92. The first kappa shape index (κ1) is 8.08. The van der Waals surface area contributed by atoms with Crippen LogP contribution in [-0.2, 0) is 12.6 Å². The van der Waals surface area contributed by atoms with Crippen LogP contribution in [0.2, 0.25) is 5.02 Å². The molecule has 0 radical (unpaired) electrons. The molecule has 0 atom stereocenters. The van der Waals surface area contributed by atoms with Crippen molar-refractivity contribution in [3.63, 3.8) is 0 Å². The number of aromatic nitrogens is 2. The number of nitrogens with zero attached hydrogens (tertiary/aromatic N) is 2. The molecule has 1 fully saturated rings. The lowest BCUT2D eigenvalue weighted by molar-refractivity contribution is -0.0455.